The number of anilines is 1. The van der Waals surface area contributed by atoms with Crippen molar-refractivity contribution in [2.75, 3.05) is 24.5 Å². The second kappa shape index (κ2) is 5.22. The highest BCUT2D eigenvalue weighted by molar-refractivity contribution is 9.10. The summed E-state index contributed by atoms with van der Waals surface area (Å²) in [5, 5.41) is 3.57. The van der Waals surface area contributed by atoms with Gasteiger partial charge in [-0.2, -0.15) is 0 Å². The van der Waals surface area contributed by atoms with Crippen LogP contribution >= 0.6 is 15.9 Å². The van der Waals surface area contributed by atoms with Crippen molar-refractivity contribution in [2.24, 2.45) is 5.92 Å². The predicted octanol–water partition coefficient (Wildman–Crippen LogP) is 3.58. The summed E-state index contributed by atoms with van der Waals surface area (Å²) >= 11 is 3.55. The normalized spacial score (nSPS) is 23.8. The Morgan fingerprint density at radius 2 is 2.11 bits per heavy atom. The SMILES string of the molecule is Cc1cc(Br)ccc1N1CC(C)CNCC1(C)C. The molecule has 1 saturated heterocycles. The molecule has 1 aliphatic heterocycles. The van der Waals surface area contributed by atoms with Gasteiger partial charge in [-0.15, -0.1) is 0 Å². The molecule has 18 heavy (non-hydrogen) atoms. The average Bonchev–Trinajstić information content (AvgIpc) is 2.38. The fourth-order valence-electron chi connectivity index (χ4n) is 2.69. The van der Waals surface area contributed by atoms with Gasteiger partial charge in [-0.3, -0.25) is 0 Å². The van der Waals surface area contributed by atoms with Gasteiger partial charge in [0.15, 0.2) is 0 Å². The Morgan fingerprint density at radius 1 is 1.39 bits per heavy atom. The molecule has 0 bridgehead atoms. The van der Waals surface area contributed by atoms with Crippen molar-refractivity contribution in [1.82, 2.24) is 5.32 Å². The molecule has 0 spiro atoms. The van der Waals surface area contributed by atoms with Crippen molar-refractivity contribution in [2.45, 2.75) is 33.2 Å². The first-order chi connectivity index (χ1) is 8.40. The molecule has 1 N–H and O–H groups in total. The minimum absolute atomic E-state index is 0.156. The van der Waals surface area contributed by atoms with Crippen LogP contribution in [0, 0.1) is 12.8 Å². The molecule has 0 aliphatic carbocycles. The third-order valence-electron chi connectivity index (χ3n) is 3.72. The van der Waals surface area contributed by atoms with Crippen LogP contribution in [0.1, 0.15) is 26.3 Å². The van der Waals surface area contributed by atoms with Gasteiger partial charge in [0.05, 0.1) is 0 Å². The Bertz CT molecular complexity index is 429. The van der Waals surface area contributed by atoms with Crippen molar-refractivity contribution in [3.8, 4) is 0 Å². The van der Waals surface area contributed by atoms with Gasteiger partial charge in [0.25, 0.3) is 0 Å². The average molecular weight is 311 g/mol. The van der Waals surface area contributed by atoms with Crippen molar-refractivity contribution >= 4 is 21.6 Å². The summed E-state index contributed by atoms with van der Waals surface area (Å²) in [5.74, 6) is 0.676. The van der Waals surface area contributed by atoms with Gasteiger partial charge in [-0.25, -0.2) is 0 Å². The maximum atomic E-state index is 3.57. The number of halogens is 1. The molecule has 1 fully saturated rings. The highest BCUT2D eigenvalue weighted by atomic mass is 79.9. The first-order valence-corrected chi connectivity index (χ1v) is 7.44. The van der Waals surface area contributed by atoms with Crippen molar-refractivity contribution < 1.29 is 0 Å². The zero-order chi connectivity index (χ0) is 13.3. The van der Waals surface area contributed by atoms with Crippen molar-refractivity contribution in [3.05, 3.63) is 28.2 Å². The Morgan fingerprint density at radius 3 is 2.78 bits per heavy atom. The van der Waals surface area contributed by atoms with E-state index in [4.69, 9.17) is 0 Å². The molecule has 3 heteroatoms. The van der Waals surface area contributed by atoms with Crippen LogP contribution in [0.15, 0.2) is 22.7 Å². The van der Waals surface area contributed by atoms with Crippen LogP contribution in [0.5, 0.6) is 0 Å². The van der Waals surface area contributed by atoms with E-state index in [1.165, 1.54) is 11.3 Å². The number of rotatable bonds is 1. The number of aryl methyl sites for hydroxylation is 1. The van der Waals surface area contributed by atoms with E-state index in [0.717, 1.165) is 24.1 Å². The van der Waals surface area contributed by atoms with Crippen molar-refractivity contribution in [1.29, 1.82) is 0 Å². The minimum atomic E-state index is 0.156. The smallest absolute Gasteiger partial charge is 0.0470 e. The first kappa shape index (κ1) is 13.9. The Hall–Kier alpha value is -0.540. The second-order valence-electron chi connectivity index (χ2n) is 6.09. The highest BCUT2D eigenvalue weighted by Crippen LogP contribution is 2.31. The van der Waals surface area contributed by atoms with Gasteiger partial charge in [-0.1, -0.05) is 22.9 Å². The molecule has 1 aromatic carbocycles. The van der Waals surface area contributed by atoms with E-state index in [2.05, 4.69) is 72.0 Å². The molecule has 0 saturated carbocycles. The number of benzene rings is 1. The lowest BCUT2D eigenvalue weighted by Gasteiger charge is -2.40. The second-order valence-corrected chi connectivity index (χ2v) is 7.01. The molecule has 2 rings (SSSR count). The molecule has 1 unspecified atom stereocenters. The van der Waals surface area contributed by atoms with Crippen LogP contribution in [0.2, 0.25) is 0 Å². The molecule has 1 heterocycles. The van der Waals surface area contributed by atoms with Crippen LogP contribution in [0.25, 0.3) is 0 Å². The molecular formula is C15H23BrN2. The monoisotopic (exact) mass is 310 g/mol. The third kappa shape index (κ3) is 2.89. The van der Waals surface area contributed by atoms with Gasteiger partial charge in [0, 0.05) is 28.8 Å². The van der Waals surface area contributed by atoms with Gasteiger partial charge < -0.3 is 10.2 Å². The van der Waals surface area contributed by atoms with E-state index < -0.39 is 0 Å². The largest absolute Gasteiger partial charge is 0.365 e. The minimum Gasteiger partial charge on any atom is -0.365 e. The lowest BCUT2D eigenvalue weighted by molar-refractivity contribution is 0.459. The predicted molar refractivity (Wildman–Crippen MR) is 82.3 cm³/mol. The Balaban J connectivity index is 2.38. The van der Waals surface area contributed by atoms with E-state index in [1.54, 1.807) is 0 Å². The number of hydrogen-bond acceptors (Lipinski definition) is 2. The summed E-state index contributed by atoms with van der Waals surface area (Å²) in [7, 11) is 0. The van der Waals surface area contributed by atoms with Gasteiger partial charge in [0.1, 0.15) is 0 Å². The molecule has 0 aromatic heterocycles. The lowest BCUT2D eigenvalue weighted by Crippen LogP contribution is -2.49. The zero-order valence-corrected chi connectivity index (χ0v) is 13.3. The quantitative estimate of drug-likeness (QED) is 0.853. The summed E-state index contributed by atoms with van der Waals surface area (Å²) in [6.07, 6.45) is 0. The van der Waals surface area contributed by atoms with Crippen LogP contribution in [0.3, 0.4) is 0 Å². The van der Waals surface area contributed by atoms with E-state index in [-0.39, 0.29) is 5.54 Å². The number of hydrogen-bond donors (Lipinski definition) is 1. The molecular weight excluding hydrogens is 288 g/mol. The number of nitrogens with zero attached hydrogens (tertiary/aromatic N) is 1. The molecule has 0 amide bonds. The Labute approximate surface area is 119 Å². The maximum absolute atomic E-state index is 3.57. The molecule has 1 aliphatic rings. The highest BCUT2D eigenvalue weighted by Gasteiger charge is 2.31. The van der Waals surface area contributed by atoms with E-state index in [9.17, 15) is 0 Å². The summed E-state index contributed by atoms with van der Waals surface area (Å²) in [6, 6.07) is 6.58. The number of nitrogens with one attached hydrogen (secondary N) is 1. The van der Waals surface area contributed by atoms with E-state index >= 15 is 0 Å². The summed E-state index contributed by atoms with van der Waals surface area (Å²) in [5.41, 5.74) is 2.86. The summed E-state index contributed by atoms with van der Waals surface area (Å²) in [6.45, 7) is 12.4. The zero-order valence-electron chi connectivity index (χ0n) is 11.8. The Kier molecular flexibility index (Phi) is 4.02. The molecule has 1 aromatic rings. The topological polar surface area (TPSA) is 15.3 Å². The van der Waals surface area contributed by atoms with Crippen LogP contribution in [-0.4, -0.2) is 25.2 Å². The summed E-state index contributed by atoms with van der Waals surface area (Å²) < 4.78 is 1.16. The molecule has 0 radical (unpaired) electrons. The lowest BCUT2D eigenvalue weighted by atomic mass is 9.99. The van der Waals surface area contributed by atoms with Gasteiger partial charge in [0.2, 0.25) is 0 Å². The maximum Gasteiger partial charge on any atom is 0.0470 e. The fraction of sp³-hybridized carbons (Fsp3) is 0.600. The van der Waals surface area contributed by atoms with Crippen molar-refractivity contribution in [3.63, 3.8) is 0 Å². The van der Waals surface area contributed by atoms with Gasteiger partial charge in [-0.05, 0) is 57.0 Å². The standard InChI is InChI=1S/C15H23BrN2/c1-11-8-17-10-15(3,4)18(9-11)14-6-5-13(16)7-12(14)2/h5-7,11,17H,8-10H2,1-4H3. The van der Waals surface area contributed by atoms with Crippen LogP contribution in [0.4, 0.5) is 5.69 Å². The van der Waals surface area contributed by atoms with E-state index in [0.29, 0.717) is 5.92 Å². The third-order valence-corrected chi connectivity index (χ3v) is 4.22. The summed E-state index contributed by atoms with van der Waals surface area (Å²) in [4.78, 5) is 2.55. The molecule has 100 valence electrons. The van der Waals surface area contributed by atoms with Crippen LogP contribution in [-0.2, 0) is 0 Å². The fourth-order valence-corrected chi connectivity index (χ4v) is 3.16. The van der Waals surface area contributed by atoms with E-state index in [1.807, 2.05) is 0 Å². The molecule has 1 atom stereocenters. The van der Waals surface area contributed by atoms with Crippen LogP contribution < -0.4 is 10.2 Å². The molecule has 2 nitrogen and oxygen atoms in total. The van der Waals surface area contributed by atoms with Gasteiger partial charge >= 0.3 is 0 Å². The first-order valence-electron chi connectivity index (χ1n) is 6.64.